The molecule has 3 rings (SSSR count). The van der Waals surface area contributed by atoms with Gasteiger partial charge in [-0.2, -0.15) is 0 Å². The highest BCUT2D eigenvalue weighted by Gasteiger charge is 2.34. The number of carbonyl (C=O) groups excluding carboxylic acids is 1. The van der Waals surface area contributed by atoms with E-state index < -0.39 is 5.76 Å². The van der Waals surface area contributed by atoms with E-state index in [-0.39, 0.29) is 18.5 Å². The van der Waals surface area contributed by atoms with Crippen LogP contribution in [-0.2, 0) is 11.3 Å². The van der Waals surface area contributed by atoms with Gasteiger partial charge in [0.15, 0.2) is 5.58 Å². The van der Waals surface area contributed by atoms with Gasteiger partial charge in [0.05, 0.1) is 5.52 Å². The number of amides is 1. The van der Waals surface area contributed by atoms with Crippen molar-refractivity contribution in [3.63, 3.8) is 0 Å². The van der Waals surface area contributed by atoms with Gasteiger partial charge in [0.1, 0.15) is 6.54 Å². The maximum absolute atomic E-state index is 12.5. The van der Waals surface area contributed by atoms with Gasteiger partial charge in [-0.25, -0.2) is 4.79 Å². The normalized spacial score (nSPS) is 14.9. The molecule has 0 radical (unpaired) electrons. The molecule has 0 spiro atoms. The summed E-state index contributed by atoms with van der Waals surface area (Å²) in [5, 5.41) is 0. The van der Waals surface area contributed by atoms with Crippen LogP contribution >= 0.6 is 0 Å². The lowest BCUT2D eigenvalue weighted by atomic mass is 10.3. The second-order valence-corrected chi connectivity index (χ2v) is 5.55. The van der Waals surface area contributed by atoms with E-state index in [2.05, 4.69) is 0 Å². The third-order valence-corrected chi connectivity index (χ3v) is 3.65. The number of hydrogen-bond donors (Lipinski definition) is 0. The summed E-state index contributed by atoms with van der Waals surface area (Å²) >= 11 is 0. The summed E-state index contributed by atoms with van der Waals surface area (Å²) in [6.07, 6.45) is 2.12. The highest BCUT2D eigenvalue weighted by Crippen LogP contribution is 2.29. The van der Waals surface area contributed by atoms with Crippen molar-refractivity contribution in [2.45, 2.75) is 45.3 Å². The minimum absolute atomic E-state index is 0.0175. The van der Waals surface area contributed by atoms with E-state index in [9.17, 15) is 9.59 Å². The number of hydrogen-bond acceptors (Lipinski definition) is 3. The smallest absolute Gasteiger partial charge is 0.408 e. The highest BCUT2D eigenvalue weighted by molar-refractivity contribution is 5.80. The number of aromatic nitrogens is 1. The van der Waals surface area contributed by atoms with Gasteiger partial charge in [0, 0.05) is 12.1 Å². The Morgan fingerprint density at radius 3 is 2.75 bits per heavy atom. The van der Waals surface area contributed by atoms with Gasteiger partial charge in [0.25, 0.3) is 0 Å². The Kier molecular flexibility index (Phi) is 3.12. The lowest BCUT2D eigenvalue weighted by Gasteiger charge is -2.26. The Morgan fingerprint density at radius 1 is 1.40 bits per heavy atom. The van der Waals surface area contributed by atoms with E-state index in [0.717, 1.165) is 12.8 Å². The zero-order valence-electron chi connectivity index (χ0n) is 11.7. The van der Waals surface area contributed by atoms with E-state index in [4.69, 9.17) is 4.42 Å². The van der Waals surface area contributed by atoms with Crippen LogP contribution in [0.2, 0.25) is 0 Å². The fraction of sp³-hybridized carbons (Fsp3) is 0.467. The van der Waals surface area contributed by atoms with Crippen molar-refractivity contribution in [1.82, 2.24) is 9.47 Å². The fourth-order valence-electron chi connectivity index (χ4n) is 2.65. The molecule has 5 heteroatoms. The first-order valence-electron chi connectivity index (χ1n) is 6.97. The van der Waals surface area contributed by atoms with Gasteiger partial charge in [0.2, 0.25) is 5.91 Å². The quantitative estimate of drug-likeness (QED) is 0.856. The van der Waals surface area contributed by atoms with Crippen molar-refractivity contribution in [3.05, 3.63) is 34.8 Å². The Bertz CT molecular complexity index is 692. The van der Waals surface area contributed by atoms with Crippen LogP contribution in [0.1, 0.15) is 26.7 Å². The lowest BCUT2D eigenvalue weighted by molar-refractivity contribution is -0.134. The van der Waals surface area contributed by atoms with Crippen molar-refractivity contribution < 1.29 is 9.21 Å². The van der Waals surface area contributed by atoms with Crippen LogP contribution in [0.25, 0.3) is 11.1 Å². The van der Waals surface area contributed by atoms with Gasteiger partial charge in [-0.05, 0) is 38.8 Å². The zero-order valence-corrected chi connectivity index (χ0v) is 11.7. The Hall–Kier alpha value is -2.04. The van der Waals surface area contributed by atoms with Crippen molar-refractivity contribution in [2.24, 2.45) is 0 Å². The first kappa shape index (κ1) is 13.0. The summed E-state index contributed by atoms with van der Waals surface area (Å²) in [5.41, 5.74) is 1.19. The molecule has 2 aromatic rings. The molecule has 1 heterocycles. The summed E-state index contributed by atoms with van der Waals surface area (Å²) in [6, 6.07) is 7.67. The molecule has 1 amide bonds. The van der Waals surface area contributed by atoms with Crippen LogP contribution in [0.3, 0.4) is 0 Å². The third kappa shape index (κ3) is 2.24. The predicted molar refractivity (Wildman–Crippen MR) is 75.5 cm³/mol. The SMILES string of the molecule is CC(C)N(C(=O)Cn1c(=O)oc2ccccc21)C1CC1. The second kappa shape index (κ2) is 4.81. The standard InChI is InChI=1S/C15H18N2O3/c1-10(2)17(11-7-8-11)14(18)9-16-12-5-3-4-6-13(12)20-15(16)19/h3-6,10-11H,7-9H2,1-2H3. The third-order valence-electron chi connectivity index (χ3n) is 3.65. The topological polar surface area (TPSA) is 55.5 Å². The number of carbonyl (C=O) groups is 1. The summed E-state index contributed by atoms with van der Waals surface area (Å²) < 4.78 is 6.57. The monoisotopic (exact) mass is 274 g/mol. The van der Waals surface area contributed by atoms with Gasteiger partial charge in [-0.3, -0.25) is 9.36 Å². The molecule has 1 saturated carbocycles. The van der Waals surface area contributed by atoms with Crippen LogP contribution in [0, 0.1) is 0 Å². The number of benzene rings is 1. The van der Waals surface area contributed by atoms with E-state index in [1.807, 2.05) is 30.9 Å². The first-order valence-corrected chi connectivity index (χ1v) is 6.97. The molecule has 0 bridgehead atoms. The summed E-state index contributed by atoms with van der Waals surface area (Å²) in [7, 11) is 0. The molecule has 0 unspecified atom stereocenters. The molecule has 1 aliphatic carbocycles. The van der Waals surface area contributed by atoms with Gasteiger partial charge < -0.3 is 9.32 Å². The first-order chi connectivity index (χ1) is 9.58. The largest absolute Gasteiger partial charge is 0.420 e. The minimum Gasteiger partial charge on any atom is -0.408 e. The number of oxazole rings is 1. The maximum Gasteiger partial charge on any atom is 0.420 e. The highest BCUT2D eigenvalue weighted by atomic mass is 16.4. The number of fused-ring (bicyclic) bond motifs is 1. The molecule has 1 aromatic heterocycles. The molecule has 106 valence electrons. The molecule has 0 aliphatic heterocycles. The van der Waals surface area contributed by atoms with Gasteiger partial charge in [-0.15, -0.1) is 0 Å². The van der Waals surface area contributed by atoms with Crippen LogP contribution in [0.5, 0.6) is 0 Å². The molecule has 1 fully saturated rings. The van der Waals surface area contributed by atoms with Crippen molar-refractivity contribution in [3.8, 4) is 0 Å². The molecule has 1 aliphatic rings. The Balaban J connectivity index is 1.91. The summed E-state index contributed by atoms with van der Waals surface area (Å²) in [4.78, 5) is 26.2. The number of para-hydroxylation sites is 2. The molecule has 0 atom stereocenters. The predicted octanol–water partition coefficient (Wildman–Crippen LogP) is 1.99. The Morgan fingerprint density at radius 2 is 2.10 bits per heavy atom. The average Bonchev–Trinajstić information content (AvgIpc) is 3.16. The van der Waals surface area contributed by atoms with Crippen LogP contribution < -0.4 is 5.76 Å². The van der Waals surface area contributed by atoms with E-state index in [0.29, 0.717) is 17.1 Å². The maximum atomic E-state index is 12.5. The molecule has 1 aromatic carbocycles. The molecule has 20 heavy (non-hydrogen) atoms. The minimum atomic E-state index is -0.473. The fourth-order valence-corrected chi connectivity index (χ4v) is 2.65. The van der Waals surface area contributed by atoms with Crippen molar-refractivity contribution in [1.29, 1.82) is 0 Å². The van der Waals surface area contributed by atoms with E-state index in [1.54, 1.807) is 12.1 Å². The number of nitrogens with zero attached hydrogens (tertiary/aromatic N) is 2. The zero-order chi connectivity index (χ0) is 14.3. The molecular formula is C15H18N2O3. The summed E-state index contributed by atoms with van der Waals surface area (Å²) in [5.74, 6) is -0.491. The van der Waals surface area contributed by atoms with Gasteiger partial charge >= 0.3 is 5.76 Å². The molecular weight excluding hydrogens is 256 g/mol. The average molecular weight is 274 g/mol. The molecule has 0 saturated heterocycles. The number of rotatable bonds is 4. The van der Waals surface area contributed by atoms with E-state index >= 15 is 0 Å². The Labute approximate surface area is 116 Å². The summed E-state index contributed by atoms with van der Waals surface area (Å²) in [6.45, 7) is 4.06. The van der Waals surface area contributed by atoms with Crippen LogP contribution in [-0.4, -0.2) is 27.5 Å². The van der Waals surface area contributed by atoms with Crippen LogP contribution in [0.4, 0.5) is 0 Å². The second-order valence-electron chi connectivity index (χ2n) is 5.55. The lowest BCUT2D eigenvalue weighted by Crippen LogP contribution is -2.41. The van der Waals surface area contributed by atoms with Crippen molar-refractivity contribution >= 4 is 17.0 Å². The molecule has 5 nitrogen and oxygen atoms in total. The molecule has 0 N–H and O–H groups in total. The van der Waals surface area contributed by atoms with Gasteiger partial charge in [-0.1, -0.05) is 12.1 Å². The van der Waals surface area contributed by atoms with Crippen molar-refractivity contribution in [2.75, 3.05) is 0 Å². The van der Waals surface area contributed by atoms with Crippen LogP contribution in [0.15, 0.2) is 33.5 Å². The van der Waals surface area contributed by atoms with E-state index in [1.165, 1.54) is 4.57 Å².